The van der Waals surface area contributed by atoms with Crippen molar-refractivity contribution in [1.82, 2.24) is 9.97 Å². The van der Waals surface area contributed by atoms with Crippen LogP contribution in [0.4, 0.5) is 5.82 Å². The van der Waals surface area contributed by atoms with Crippen LogP contribution in [0.2, 0.25) is 0 Å². The molecular weight excluding hydrogens is 214 g/mol. The summed E-state index contributed by atoms with van der Waals surface area (Å²) < 4.78 is 5.49. The first-order valence-electron chi connectivity index (χ1n) is 5.63. The van der Waals surface area contributed by atoms with Crippen LogP contribution in [0, 0.1) is 0 Å². The van der Waals surface area contributed by atoms with E-state index in [0.717, 1.165) is 35.9 Å². The molecule has 1 aromatic carbocycles. The van der Waals surface area contributed by atoms with E-state index in [1.54, 1.807) is 12.4 Å². The fourth-order valence-electron chi connectivity index (χ4n) is 1.97. The minimum Gasteiger partial charge on any atom is -0.493 e. The first-order chi connectivity index (χ1) is 8.36. The standard InChI is InChI=1S/C13H13N3O/c1-14-13-8-15-7-11(16-13)9-2-3-12-10(6-9)4-5-17-12/h2-3,6-8H,4-5H2,1H3,(H,14,16). The maximum Gasteiger partial charge on any atom is 0.144 e. The molecule has 1 aromatic heterocycles. The Bertz CT molecular complexity index is 554. The van der Waals surface area contributed by atoms with E-state index in [4.69, 9.17) is 4.74 Å². The maximum atomic E-state index is 5.49. The number of nitrogens with one attached hydrogen (secondary N) is 1. The van der Waals surface area contributed by atoms with Crippen LogP contribution in [0.5, 0.6) is 5.75 Å². The van der Waals surface area contributed by atoms with Gasteiger partial charge in [0, 0.05) is 19.0 Å². The van der Waals surface area contributed by atoms with Gasteiger partial charge in [-0.05, 0) is 23.8 Å². The van der Waals surface area contributed by atoms with Gasteiger partial charge in [-0.3, -0.25) is 4.98 Å². The lowest BCUT2D eigenvalue weighted by Crippen LogP contribution is -1.95. The summed E-state index contributed by atoms with van der Waals surface area (Å²) in [6.07, 6.45) is 4.46. The van der Waals surface area contributed by atoms with Gasteiger partial charge in [0.1, 0.15) is 11.6 Å². The van der Waals surface area contributed by atoms with Crippen molar-refractivity contribution in [2.24, 2.45) is 0 Å². The molecule has 1 aliphatic heterocycles. The zero-order valence-corrected chi connectivity index (χ0v) is 9.60. The zero-order valence-electron chi connectivity index (χ0n) is 9.60. The van der Waals surface area contributed by atoms with Gasteiger partial charge in [-0.15, -0.1) is 0 Å². The van der Waals surface area contributed by atoms with E-state index in [2.05, 4.69) is 21.4 Å². The van der Waals surface area contributed by atoms with Gasteiger partial charge in [-0.1, -0.05) is 0 Å². The lowest BCUT2D eigenvalue weighted by Gasteiger charge is -2.05. The second-order valence-electron chi connectivity index (χ2n) is 3.96. The van der Waals surface area contributed by atoms with Crippen LogP contribution in [-0.2, 0) is 6.42 Å². The van der Waals surface area contributed by atoms with Gasteiger partial charge in [0.25, 0.3) is 0 Å². The van der Waals surface area contributed by atoms with Crippen molar-refractivity contribution >= 4 is 5.82 Å². The van der Waals surface area contributed by atoms with Crippen molar-refractivity contribution in [2.75, 3.05) is 19.0 Å². The van der Waals surface area contributed by atoms with E-state index in [-0.39, 0.29) is 0 Å². The number of nitrogens with zero attached hydrogens (tertiary/aromatic N) is 2. The molecule has 2 heterocycles. The van der Waals surface area contributed by atoms with Crippen LogP contribution < -0.4 is 10.1 Å². The second-order valence-corrected chi connectivity index (χ2v) is 3.96. The molecule has 4 heteroatoms. The topological polar surface area (TPSA) is 47.0 Å². The largest absolute Gasteiger partial charge is 0.493 e. The Kier molecular flexibility index (Phi) is 2.40. The third kappa shape index (κ3) is 1.82. The van der Waals surface area contributed by atoms with E-state index in [0.29, 0.717) is 0 Å². The summed E-state index contributed by atoms with van der Waals surface area (Å²) in [5, 5.41) is 2.99. The summed E-state index contributed by atoms with van der Waals surface area (Å²) in [5.41, 5.74) is 3.21. The van der Waals surface area contributed by atoms with E-state index in [1.807, 2.05) is 19.2 Å². The minimum absolute atomic E-state index is 0.777. The molecule has 0 fully saturated rings. The molecule has 0 spiro atoms. The molecular formula is C13H13N3O. The van der Waals surface area contributed by atoms with Crippen LogP contribution in [0.3, 0.4) is 0 Å². The second kappa shape index (κ2) is 4.05. The van der Waals surface area contributed by atoms with Gasteiger partial charge in [0.15, 0.2) is 0 Å². The Balaban J connectivity index is 2.03. The summed E-state index contributed by atoms with van der Waals surface area (Å²) in [6, 6.07) is 6.16. The van der Waals surface area contributed by atoms with Gasteiger partial charge < -0.3 is 10.1 Å². The lowest BCUT2D eigenvalue weighted by atomic mass is 10.1. The van der Waals surface area contributed by atoms with Crippen LogP contribution >= 0.6 is 0 Å². The number of ether oxygens (including phenoxy) is 1. The molecule has 0 radical (unpaired) electrons. The van der Waals surface area contributed by atoms with E-state index >= 15 is 0 Å². The van der Waals surface area contributed by atoms with Crippen LogP contribution in [0.25, 0.3) is 11.3 Å². The van der Waals surface area contributed by atoms with Crippen molar-refractivity contribution in [1.29, 1.82) is 0 Å². The van der Waals surface area contributed by atoms with Gasteiger partial charge >= 0.3 is 0 Å². The molecule has 0 saturated heterocycles. The first-order valence-corrected chi connectivity index (χ1v) is 5.63. The Morgan fingerprint density at radius 2 is 2.24 bits per heavy atom. The number of hydrogen-bond donors (Lipinski definition) is 1. The highest BCUT2D eigenvalue weighted by molar-refractivity contribution is 5.63. The normalized spacial score (nSPS) is 13.0. The van der Waals surface area contributed by atoms with Crippen molar-refractivity contribution in [3.8, 4) is 17.0 Å². The van der Waals surface area contributed by atoms with Crippen LogP contribution in [0.15, 0.2) is 30.6 Å². The molecule has 0 saturated carbocycles. The first kappa shape index (κ1) is 10.1. The smallest absolute Gasteiger partial charge is 0.144 e. The Labute approximate surface area is 99.7 Å². The van der Waals surface area contributed by atoms with Crippen LogP contribution in [-0.4, -0.2) is 23.6 Å². The molecule has 0 bridgehead atoms. The highest BCUT2D eigenvalue weighted by Gasteiger charge is 2.13. The number of anilines is 1. The monoisotopic (exact) mass is 227 g/mol. The SMILES string of the molecule is CNc1cncc(-c2ccc3c(c2)CCO3)n1. The fraction of sp³-hybridized carbons (Fsp3) is 0.231. The Hall–Kier alpha value is -2.10. The number of hydrogen-bond acceptors (Lipinski definition) is 4. The molecule has 1 N–H and O–H groups in total. The molecule has 2 aromatic rings. The molecule has 0 aliphatic carbocycles. The molecule has 3 rings (SSSR count). The quantitative estimate of drug-likeness (QED) is 0.853. The molecule has 86 valence electrons. The highest BCUT2D eigenvalue weighted by atomic mass is 16.5. The Morgan fingerprint density at radius 1 is 1.29 bits per heavy atom. The van der Waals surface area contributed by atoms with Crippen molar-refractivity contribution in [3.63, 3.8) is 0 Å². The summed E-state index contributed by atoms with van der Waals surface area (Å²) in [7, 11) is 1.84. The van der Waals surface area contributed by atoms with Gasteiger partial charge in [0.2, 0.25) is 0 Å². The number of rotatable bonds is 2. The van der Waals surface area contributed by atoms with Crippen LogP contribution in [0.1, 0.15) is 5.56 Å². The average Bonchev–Trinajstić information content (AvgIpc) is 2.86. The van der Waals surface area contributed by atoms with Gasteiger partial charge in [-0.25, -0.2) is 4.98 Å². The van der Waals surface area contributed by atoms with Crippen molar-refractivity contribution in [3.05, 3.63) is 36.2 Å². The van der Waals surface area contributed by atoms with Crippen molar-refractivity contribution < 1.29 is 4.74 Å². The fourth-order valence-corrected chi connectivity index (χ4v) is 1.97. The van der Waals surface area contributed by atoms with Gasteiger partial charge in [0.05, 0.1) is 24.7 Å². The molecule has 0 amide bonds. The zero-order chi connectivity index (χ0) is 11.7. The third-order valence-electron chi connectivity index (χ3n) is 2.88. The summed E-state index contributed by atoms with van der Waals surface area (Å²) in [4.78, 5) is 8.64. The minimum atomic E-state index is 0.777. The summed E-state index contributed by atoms with van der Waals surface area (Å²) >= 11 is 0. The van der Waals surface area contributed by atoms with E-state index < -0.39 is 0 Å². The molecule has 0 atom stereocenters. The number of fused-ring (bicyclic) bond motifs is 1. The molecule has 1 aliphatic rings. The lowest BCUT2D eigenvalue weighted by molar-refractivity contribution is 0.357. The predicted molar refractivity (Wildman–Crippen MR) is 66.2 cm³/mol. The van der Waals surface area contributed by atoms with Crippen molar-refractivity contribution in [2.45, 2.75) is 6.42 Å². The number of benzene rings is 1. The maximum absolute atomic E-state index is 5.49. The van der Waals surface area contributed by atoms with E-state index in [1.165, 1.54) is 5.56 Å². The molecule has 17 heavy (non-hydrogen) atoms. The summed E-state index contributed by atoms with van der Waals surface area (Å²) in [6.45, 7) is 0.779. The molecule has 4 nitrogen and oxygen atoms in total. The average molecular weight is 227 g/mol. The molecule has 0 unspecified atom stereocenters. The predicted octanol–water partition coefficient (Wildman–Crippen LogP) is 2.12. The Morgan fingerprint density at radius 3 is 3.12 bits per heavy atom. The van der Waals surface area contributed by atoms with E-state index in [9.17, 15) is 0 Å². The highest BCUT2D eigenvalue weighted by Crippen LogP contribution is 2.29. The third-order valence-corrected chi connectivity index (χ3v) is 2.88. The van der Waals surface area contributed by atoms with Gasteiger partial charge in [-0.2, -0.15) is 0 Å². The summed E-state index contributed by atoms with van der Waals surface area (Å²) in [5.74, 6) is 1.77. The number of aromatic nitrogens is 2.